The summed E-state index contributed by atoms with van der Waals surface area (Å²) >= 11 is 1.98. The summed E-state index contributed by atoms with van der Waals surface area (Å²) in [4.78, 5) is 2.01. The molecule has 1 aromatic carbocycles. The van der Waals surface area contributed by atoms with Crippen LogP contribution in [0, 0.1) is 15.8 Å². The summed E-state index contributed by atoms with van der Waals surface area (Å²) in [5.74, 6) is 0.297. The van der Waals surface area contributed by atoms with Crippen molar-refractivity contribution in [2.75, 3.05) is 19.0 Å². The fourth-order valence-electron chi connectivity index (χ4n) is 1.66. The Morgan fingerprint density at radius 1 is 1.10 bits per heavy atom. The Bertz CT molecular complexity index is 638. The molecule has 1 aromatic heterocycles. The van der Waals surface area contributed by atoms with Gasteiger partial charge in [0.25, 0.3) is 0 Å². The summed E-state index contributed by atoms with van der Waals surface area (Å²) in [5.41, 5.74) is 2.79. The third-order valence-electron chi connectivity index (χ3n) is 2.74. The molecule has 0 aliphatic carbocycles. The number of aryl methyl sites for hydroxylation is 1. The number of hydrogen-bond acceptors (Lipinski definition) is 4. The standard InChI is InChI=1S/C14H15IN4O/c1-10-8-13(15)19(20)14(9-10)17-16-11-4-6-12(7-5-11)18(2)3/h4-9H,1-3H3/q-1. The minimum absolute atomic E-state index is 0.297. The van der Waals surface area contributed by atoms with Gasteiger partial charge in [-0.05, 0) is 51.6 Å². The average Bonchev–Trinajstić information content (AvgIpc) is 2.41. The molecule has 6 heteroatoms. The monoisotopic (exact) mass is 382 g/mol. The van der Waals surface area contributed by atoms with Crippen molar-refractivity contribution in [3.05, 3.63) is 50.9 Å². The number of rotatable bonds is 3. The van der Waals surface area contributed by atoms with Crippen LogP contribution < -0.4 is 32.2 Å². The van der Waals surface area contributed by atoms with Gasteiger partial charge in [-0.2, -0.15) is 0 Å². The Labute approximate surface area is 131 Å². The van der Waals surface area contributed by atoms with Gasteiger partial charge in [-0.15, -0.1) is 0 Å². The van der Waals surface area contributed by atoms with Crippen molar-refractivity contribution >= 4 is 17.2 Å². The molecule has 0 unspecified atom stereocenters. The first kappa shape index (κ1) is 14.7. The Balaban J connectivity index is 2.25. The van der Waals surface area contributed by atoms with Crippen LogP contribution in [0.4, 0.5) is 17.2 Å². The highest BCUT2D eigenvalue weighted by atomic mass is 127. The van der Waals surface area contributed by atoms with E-state index >= 15 is 0 Å². The lowest BCUT2D eigenvalue weighted by atomic mass is 10.3. The van der Waals surface area contributed by atoms with E-state index in [1.54, 1.807) is 12.1 Å². The van der Waals surface area contributed by atoms with Crippen LogP contribution in [0.2, 0.25) is 0 Å². The first-order chi connectivity index (χ1) is 9.47. The zero-order chi connectivity index (χ0) is 14.7. The Morgan fingerprint density at radius 3 is 2.35 bits per heavy atom. The molecule has 0 atom stereocenters. The molecule has 20 heavy (non-hydrogen) atoms. The fraction of sp³-hybridized carbons (Fsp3) is 0.214. The van der Waals surface area contributed by atoms with Crippen LogP contribution in [0.3, 0.4) is 0 Å². The number of pyridine rings is 1. The molecule has 5 nitrogen and oxygen atoms in total. The topological polar surface area (TPSA) is 54.9 Å². The summed E-state index contributed by atoms with van der Waals surface area (Å²) < 4.78 is 1.35. The lowest BCUT2D eigenvalue weighted by molar-refractivity contribution is -0.703. The largest absolute Gasteiger partial charge is 0.712 e. The normalized spacial score (nSPS) is 11.0. The minimum Gasteiger partial charge on any atom is -0.712 e. The van der Waals surface area contributed by atoms with Crippen LogP contribution in [0.15, 0.2) is 46.6 Å². The number of hydrogen-bond donors (Lipinski definition) is 0. The Hall–Kier alpha value is -1.70. The zero-order valence-corrected chi connectivity index (χ0v) is 13.7. The first-order valence-corrected chi connectivity index (χ1v) is 7.14. The van der Waals surface area contributed by atoms with E-state index in [-0.39, 0.29) is 0 Å². The van der Waals surface area contributed by atoms with Gasteiger partial charge in [0.2, 0.25) is 0 Å². The summed E-state index contributed by atoms with van der Waals surface area (Å²) in [6.45, 7) is 1.92. The van der Waals surface area contributed by atoms with E-state index in [4.69, 9.17) is 0 Å². The van der Waals surface area contributed by atoms with Gasteiger partial charge < -0.3 is 32.7 Å². The summed E-state index contributed by atoms with van der Waals surface area (Å²) in [7, 11) is 3.96. The third-order valence-corrected chi connectivity index (χ3v) is 3.49. The van der Waals surface area contributed by atoms with Crippen molar-refractivity contribution in [3.63, 3.8) is 0 Å². The number of anilines is 1. The third kappa shape index (κ3) is 3.44. The smallest absolute Gasteiger partial charge is 0.352 e. The highest BCUT2D eigenvalue weighted by molar-refractivity contribution is 5.51. The maximum atomic E-state index is 11.8. The first-order valence-electron chi connectivity index (χ1n) is 6.06. The average molecular weight is 382 g/mol. The van der Waals surface area contributed by atoms with Crippen LogP contribution in [-0.4, -0.2) is 14.1 Å². The SMILES string of the molecule is Cc1cc([I-])[n+]([O-])c(N=Nc2ccc(N(C)C)cc2)c1. The predicted molar refractivity (Wildman–Crippen MR) is 73.8 cm³/mol. The summed E-state index contributed by atoms with van der Waals surface area (Å²) in [6.07, 6.45) is 0. The Morgan fingerprint density at radius 2 is 1.75 bits per heavy atom. The van der Waals surface area contributed by atoms with Crippen LogP contribution in [0.25, 0.3) is 0 Å². The van der Waals surface area contributed by atoms with E-state index in [0.29, 0.717) is 15.2 Å². The molecule has 0 saturated heterocycles. The van der Waals surface area contributed by atoms with E-state index in [9.17, 15) is 5.21 Å². The molecule has 0 bridgehead atoms. The highest BCUT2D eigenvalue weighted by Gasteiger charge is 2.05. The molecule has 0 N–H and O–H groups in total. The van der Waals surface area contributed by atoms with E-state index in [1.807, 2.05) is 72.8 Å². The van der Waals surface area contributed by atoms with Gasteiger partial charge in [-0.1, -0.05) is 0 Å². The van der Waals surface area contributed by atoms with E-state index in [0.717, 1.165) is 16.0 Å². The molecule has 0 aliphatic rings. The quantitative estimate of drug-likeness (QED) is 0.244. The highest BCUT2D eigenvalue weighted by Crippen LogP contribution is 2.20. The van der Waals surface area contributed by atoms with Gasteiger partial charge in [0.1, 0.15) is 5.69 Å². The number of nitrogens with zero attached hydrogens (tertiary/aromatic N) is 4. The molecule has 0 fully saturated rings. The second-order valence-corrected chi connectivity index (χ2v) is 5.72. The van der Waals surface area contributed by atoms with Crippen LogP contribution in [-0.2, 0) is 0 Å². The number of aromatic nitrogens is 1. The molecule has 2 rings (SSSR count). The van der Waals surface area contributed by atoms with Crippen molar-refractivity contribution in [3.8, 4) is 0 Å². The van der Waals surface area contributed by atoms with Crippen molar-refractivity contribution < 1.29 is 27.3 Å². The van der Waals surface area contributed by atoms with Gasteiger partial charge in [0, 0.05) is 25.8 Å². The maximum absolute atomic E-state index is 11.8. The number of halogens is 1. The molecule has 1 heterocycles. The van der Waals surface area contributed by atoms with Gasteiger partial charge in [0.05, 0.1) is 5.11 Å². The number of benzene rings is 1. The fourth-order valence-corrected chi connectivity index (χ4v) is 2.39. The molecular formula is C14H15IN4O-. The van der Waals surface area contributed by atoms with E-state index in [2.05, 4.69) is 10.2 Å². The van der Waals surface area contributed by atoms with Crippen molar-refractivity contribution in [1.82, 2.24) is 0 Å². The lowest BCUT2D eigenvalue weighted by Crippen LogP contribution is -3.36. The molecule has 0 saturated carbocycles. The minimum atomic E-state index is 0.297. The Kier molecular flexibility index (Phi) is 4.53. The molecular weight excluding hydrogens is 367 g/mol. The van der Waals surface area contributed by atoms with E-state index in [1.165, 1.54) is 0 Å². The van der Waals surface area contributed by atoms with E-state index < -0.39 is 0 Å². The van der Waals surface area contributed by atoms with Crippen LogP contribution >= 0.6 is 0 Å². The summed E-state index contributed by atoms with van der Waals surface area (Å²) in [5, 5.41) is 20.0. The second kappa shape index (κ2) is 6.17. The molecule has 0 aliphatic heterocycles. The van der Waals surface area contributed by atoms with Gasteiger partial charge in [-0.25, -0.2) is 0 Å². The van der Waals surface area contributed by atoms with Crippen LogP contribution in [0.5, 0.6) is 0 Å². The lowest BCUT2D eigenvalue weighted by Gasteiger charge is -2.14. The van der Waals surface area contributed by atoms with Gasteiger partial charge >= 0.3 is 5.82 Å². The van der Waals surface area contributed by atoms with Crippen molar-refractivity contribution in [2.24, 2.45) is 10.2 Å². The van der Waals surface area contributed by atoms with Crippen molar-refractivity contribution in [1.29, 1.82) is 0 Å². The molecule has 0 spiro atoms. The van der Waals surface area contributed by atoms with Crippen molar-refractivity contribution in [2.45, 2.75) is 6.92 Å². The van der Waals surface area contributed by atoms with Gasteiger partial charge in [-0.3, -0.25) is 4.73 Å². The molecule has 2 aromatic rings. The predicted octanol–water partition coefficient (Wildman–Crippen LogP) is -0.167. The molecule has 105 valence electrons. The van der Waals surface area contributed by atoms with Crippen LogP contribution in [0.1, 0.15) is 5.56 Å². The molecule has 1 radical (unpaired) electrons. The number of azo groups is 1. The maximum Gasteiger partial charge on any atom is 0.352 e. The summed E-state index contributed by atoms with van der Waals surface area (Å²) in [6, 6.07) is 11.2. The van der Waals surface area contributed by atoms with Gasteiger partial charge in [0.15, 0.2) is 0 Å². The molecule has 0 amide bonds. The second-order valence-electron chi connectivity index (χ2n) is 4.62. The zero-order valence-electron chi connectivity index (χ0n) is 11.5.